The number of hydrogen-bond donors (Lipinski definition) is 1. The molecule has 3 aliphatic rings. The average Bonchev–Trinajstić information content (AvgIpc) is 3.08. The van der Waals surface area contributed by atoms with Gasteiger partial charge in [0.05, 0.1) is 12.0 Å². The summed E-state index contributed by atoms with van der Waals surface area (Å²) in [6.07, 6.45) is 6.67. The molecule has 3 amide bonds. The van der Waals surface area contributed by atoms with Crippen LogP contribution in [0, 0.1) is 17.2 Å². The minimum Gasteiger partial charge on any atom is -0.322 e. The van der Waals surface area contributed by atoms with Gasteiger partial charge in [0.2, 0.25) is 11.8 Å². The molecule has 3 aliphatic heterocycles. The quantitative estimate of drug-likeness (QED) is 0.332. The number of nitriles is 1. The smallest absolute Gasteiger partial charge is 0.255 e. The Morgan fingerprint density at radius 3 is 2.66 bits per heavy atom. The largest absolute Gasteiger partial charge is 0.322 e. The van der Waals surface area contributed by atoms with Crippen LogP contribution in [0.25, 0.3) is 0 Å². The van der Waals surface area contributed by atoms with Gasteiger partial charge in [-0.1, -0.05) is 25.3 Å². The lowest BCUT2D eigenvalue weighted by Crippen LogP contribution is -2.52. The fourth-order valence-electron chi connectivity index (χ4n) is 4.68. The van der Waals surface area contributed by atoms with Gasteiger partial charge in [0.1, 0.15) is 6.04 Å². The van der Waals surface area contributed by atoms with Crippen molar-refractivity contribution in [3.05, 3.63) is 29.3 Å². The molecule has 1 N–H and O–H groups in total. The van der Waals surface area contributed by atoms with Crippen molar-refractivity contribution >= 4 is 29.5 Å². The number of amides is 3. The number of fused-ring (bicyclic) bond motifs is 1. The van der Waals surface area contributed by atoms with Crippen LogP contribution in [0.5, 0.6) is 0 Å². The van der Waals surface area contributed by atoms with Crippen LogP contribution >= 0.6 is 11.8 Å². The topological polar surface area (TPSA) is 93.5 Å². The van der Waals surface area contributed by atoms with Gasteiger partial charge in [-0.3, -0.25) is 19.7 Å². The van der Waals surface area contributed by atoms with Gasteiger partial charge < -0.3 is 9.80 Å². The summed E-state index contributed by atoms with van der Waals surface area (Å²) in [4.78, 5) is 41.7. The summed E-state index contributed by atoms with van der Waals surface area (Å²) in [7, 11) is 0. The predicted molar refractivity (Wildman–Crippen MR) is 122 cm³/mol. The monoisotopic (exact) mass is 454 g/mol. The number of carbonyl (C=O) groups is 3. The molecular formula is C24H30N4O3S. The molecule has 32 heavy (non-hydrogen) atoms. The van der Waals surface area contributed by atoms with E-state index in [4.69, 9.17) is 5.26 Å². The molecule has 1 unspecified atom stereocenters. The molecule has 7 nitrogen and oxygen atoms in total. The van der Waals surface area contributed by atoms with Crippen molar-refractivity contribution in [2.45, 2.75) is 62.4 Å². The Bertz CT molecular complexity index is 922. The van der Waals surface area contributed by atoms with E-state index in [2.05, 4.69) is 22.4 Å². The van der Waals surface area contributed by atoms with Crippen LogP contribution in [-0.4, -0.2) is 59.0 Å². The van der Waals surface area contributed by atoms with Crippen LogP contribution in [0.4, 0.5) is 0 Å². The zero-order valence-corrected chi connectivity index (χ0v) is 19.2. The highest BCUT2D eigenvalue weighted by Crippen LogP contribution is 2.34. The molecule has 0 bridgehead atoms. The lowest BCUT2D eigenvalue weighted by atomic mass is 10.0. The second-order valence-corrected chi connectivity index (χ2v) is 10.0. The molecular weight excluding hydrogens is 424 g/mol. The van der Waals surface area contributed by atoms with Crippen molar-refractivity contribution in [3.8, 4) is 6.07 Å². The molecule has 4 rings (SSSR count). The number of thioether (sulfide) groups is 1. The highest BCUT2D eigenvalue weighted by atomic mass is 32.2. The Balaban J connectivity index is 1.18. The molecule has 8 heteroatoms. The highest BCUT2D eigenvalue weighted by molar-refractivity contribution is 7.99. The van der Waals surface area contributed by atoms with Gasteiger partial charge in [-0.05, 0) is 49.3 Å². The van der Waals surface area contributed by atoms with Gasteiger partial charge in [0.15, 0.2) is 0 Å². The van der Waals surface area contributed by atoms with E-state index in [0.717, 1.165) is 42.3 Å². The van der Waals surface area contributed by atoms with E-state index in [0.29, 0.717) is 18.5 Å². The van der Waals surface area contributed by atoms with Gasteiger partial charge in [-0.2, -0.15) is 5.26 Å². The Kier molecular flexibility index (Phi) is 7.48. The Morgan fingerprint density at radius 2 is 1.88 bits per heavy atom. The lowest BCUT2D eigenvalue weighted by Gasteiger charge is -2.35. The first-order valence-electron chi connectivity index (χ1n) is 11.6. The van der Waals surface area contributed by atoms with Crippen LogP contribution in [0.3, 0.4) is 0 Å². The van der Waals surface area contributed by atoms with E-state index in [1.54, 1.807) is 16.7 Å². The number of likely N-dealkylation sites (tertiary alicyclic amines) is 1. The zero-order valence-electron chi connectivity index (χ0n) is 18.3. The van der Waals surface area contributed by atoms with Crippen LogP contribution in [0.15, 0.2) is 23.1 Å². The van der Waals surface area contributed by atoms with Crippen molar-refractivity contribution in [1.82, 2.24) is 15.1 Å². The van der Waals surface area contributed by atoms with E-state index >= 15 is 0 Å². The first kappa shape index (κ1) is 22.8. The number of nitrogens with zero attached hydrogens (tertiary/aromatic N) is 3. The summed E-state index contributed by atoms with van der Waals surface area (Å²) in [6, 6.07) is 7.57. The molecule has 2 fully saturated rings. The number of unbranched alkanes of at least 4 members (excludes halogenated alkanes) is 4. The standard InChI is InChI=1S/C24H30N4O3S/c25-13-17-14-27(15-17)11-4-2-1-3-5-12-32-21-8-6-7-18-19(21)16-28(24(18)31)20-9-10-22(29)26-23(20)30/h6-8,17,20H,1-5,9-12,14-16H2,(H,26,29,30). The van der Waals surface area contributed by atoms with Crippen molar-refractivity contribution in [3.63, 3.8) is 0 Å². The first-order valence-corrected chi connectivity index (χ1v) is 12.6. The van der Waals surface area contributed by atoms with Gasteiger partial charge >= 0.3 is 0 Å². The normalized spacial score (nSPS) is 21.3. The average molecular weight is 455 g/mol. The second kappa shape index (κ2) is 10.5. The summed E-state index contributed by atoms with van der Waals surface area (Å²) in [6.45, 7) is 3.43. The highest BCUT2D eigenvalue weighted by Gasteiger charge is 2.39. The van der Waals surface area contributed by atoms with Gasteiger partial charge in [-0.25, -0.2) is 0 Å². The Hall–Kier alpha value is -2.37. The summed E-state index contributed by atoms with van der Waals surface area (Å²) in [5.74, 6) is 0.521. The molecule has 1 aromatic rings. The van der Waals surface area contributed by atoms with Crippen LogP contribution in [0.1, 0.15) is 60.9 Å². The van der Waals surface area contributed by atoms with E-state index in [1.807, 2.05) is 12.1 Å². The fraction of sp³-hybridized carbons (Fsp3) is 0.583. The Morgan fingerprint density at radius 1 is 1.09 bits per heavy atom. The molecule has 1 atom stereocenters. The lowest BCUT2D eigenvalue weighted by molar-refractivity contribution is -0.136. The summed E-state index contributed by atoms with van der Waals surface area (Å²) < 4.78 is 0. The number of piperidine rings is 1. The molecule has 1 aromatic carbocycles. The van der Waals surface area contributed by atoms with Gasteiger partial charge in [0, 0.05) is 36.5 Å². The molecule has 3 heterocycles. The molecule has 0 aliphatic carbocycles. The molecule has 0 aromatic heterocycles. The number of nitrogens with one attached hydrogen (secondary N) is 1. The van der Waals surface area contributed by atoms with Crippen molar-refractivity contribution in [2.24, 2.45) is 5.92 Å². The predicted octanol–water partition coefficient (Wildman–Crippen LogP) is 2.95. The molecule has 0 radical (unpaired) electrons. The third-order valence-electron chi connectivity index (χ3n) is 6.56. The summed E-state index contributed by atoms with van der Waals surface area (Å²) in [5, 5.41) is 11.2. The van der Waals surface area contributed by atoms with Crippen molar-refractivity contribution in [2.75, 3.05) is 25.4 Å². The minimum absolute atomic E-state index is 0.111. The number of carbonyl (C=O) groups excluding carboxylic acids is 3. The van der Waals surface area contributed by atoms with E-state index < -0.39 is 6.04 Å². The number of hydrogen-bond acceptors (Lipinski definition) is 6. The number of imide groups is 1. The number of rotatable bonds is 10. The summed E-state index contributed by atoms with van der Waals surface area (Å²) >= 11 is 1.79. The third-order valence-corrected chi connectivity index (χ3v) is 7.74. The second-order valence-electron chi connectivity index (χ2n) is 8.88. The van der Waals surface area contributed by atoms with Crippen LogP contribution < -0.4 is 5.32 Å². The molecule has 0 spiro atoms. The van der Waals surface area contributed by atoms with E-state index in [9.17, 15) is 14.4 Å². The van der Waals surface area contributed by atoms with Crippen molar-refractivity contribution < 1.29 is 14.4 Å². The van der Waals surface area contributed by atoms with E-state index in [-0.39, 0.29) is 30.1 Å². The molecule has 170 valence electrons. The third kappa shape index (κ3) is 5.16. The van der Waals surface area contributed by atoms with Crippen LogP contribution in [0.2, 0.25) is 0 Å². The zero-order chi connectivity index (χ0) is 22.5. The molecule has 0 saturated carbocycles. The van der Waals surface area contributed by atoms with Crippen LogP contribution in [-0.2, 0) is 16.1 Å². The number of benzene rings is 1. The first-order chi connectivity index (χ1) is 15.6. The fourth-order valence-corrected chi connectivity index (χ4v) is 5.77. The van der Waals surface area contributed by atoms with Crippen molar-refractivity contribution in [1.29, 1.82) is 5.26 Å². The van der Waals surface area contributed by atoms with Gasteiger partial charge in [0.25, 0.3) is 5.91 Å². The maximum atomic E-state index is 12.9. The maximum absolute atomic E-state index is 12.9. The molecule has 2 saturated heterocycles. The minimum atomic E-state index is -0.562. The Labute approximate surface area is 193 Å². The van der Waals surface area contributed by atoms with Gasteiger partial charge in [-0.15, -0.1) is 11.8 Å². The maximum Gasteiger partial charge on any atom is 0.255 e. The van der Waals surface area contributed by atoms with E-state index in [1.165, 1.54) is 25.7 Å². The summed E-state index contributed by atoms with van der Waals surface area (Å²) in [5.41, 5.74) is 1.70. The SMILES string of the molecule is N#CC1CN(CCCCCCCSc2cccc3c2CN(C2CCC(=O)NC2=O)C3=O)C1.